The molecule has 1 aromatic carbocycles. The number of hydrogen-bond acceptors (Lipinski definition) is 2. The lowest BCUT2D eigenvalue weighted by Crippen LogP contribution is -1.83. The van der Waals surface area contributed by atoms with E-state index < -0.39 is 0 Å². The summed E-state index contributed by atoms with van der Waals surface area (Å²) in [4.78, 5) is 10.7. The van der Waals surface area contributed by atoms with Gasteiger partial charge >= 0.3 is 0 Å². The van der Waals surface area contributed by atoms with E-state index in [4.69, 9.17) is 0 Å². The summed E-state index contributed by atoms with van der Waals surface area (Å²) in [5.74, 6) is 0.741. The molecule has 0 unspecified atom stereocenters. The Morgan fingerprint density at radius 1 is 1.53 bits per heavy atom. The predicted octanol–water partition coefficient (Wildman–Crippen LogP) is 4.05. The Labute approximate surface area is 103 Å². The summed E-state index contributed by atoms with van der Waals surface area (Å²) in [6.07, 6.45) is 4.07. The molecule has 1 rings (SSSR count). The van der Waals surface area contributed by atoms with Gasteiger partial charge in [-0.1, -0.05) is 45.9 Å². The van der Waals surface area contributed by atoms with Crippen molar-refractivity contribution in [1.82, 2.24) is 0 Å². The zero-order valence-corrected chi connectivity index (χ0v) is 11.2. The highest BCUT2D eigenvalue weighted by atomic mass is 79.9. The first-order valence-electron chi connectivity index (χ1n) is 4.65. The van der Waals surface area contributed by atoms with E-state index in [0.717, 1.165) is 10.2 Å². The van der Waals surface area contributed by atoms with Gasteiger partial charge in [0.25, 0.3) is 0 Å². The van der Waals surface area contributed by atoms with Gasteiger partial charge in [-0.05, 0) is 30.2 Å². The molecule has 3 heteroatoms. The largest absolute Gasteiger partial charge is 0.288 e. The van der Waals surface area contributed by atoms with Crippen LogP contribution in [0.15, 0.2) is 28.7 Å². The van der Waals surface area contributed by atoms with Gasteiger partial charge in [-0.2, -0.15) is 0 Å². The van der Waals surface area contributed by atoms with Crippen LogP contribution >= 0.6 is 27.7 Å². The number of benzene rings is 1. The summed E-state index contributed by atoms with van der Waals surface area (Å²) >= 11 is 4.75. The smallest absolute Gasteiger partial charge is 0.186 e. The Bertz CT molecular complexity index is 385. The SMILES string of the molecule is CC(=O)SCC=Cc1ccc(Br)cc1C. The van der Waals surface area contributed by atoms with Crippen LogP contribution in [0.1, 0.15) is 18.1 Å². The van der Waals surface area contributed by atoms with Crippen molar-refractivity contribution in [1.29, 1.82) is 0 Å². The first-order chi connectivity index (χ1) is 7.09. The summed E-state index contributed by atoms with van der Waals surface area (Å²) < 4.78 is 1.09. The second kappa shape index (κ2) is 6.13. The third kappa shape index (κ3) is 4.67. The van der Waals surface area contributed by atoms with Crippen LogP contribution in [0.25, 0.3) is 6.08 Å². The number of carbonyl (C=O) groups is 1. The molecular weight excluding hydrogens is 272 g/mol. The molecule has 0 aliphatic carbocycles. The standard InChI is InChI=1S/C12H13BrOS/c1-9-8-12(13)6-5-11(9)4-3-7-15-10(2)14/h3-6,8H,7H2,1-2H3. The minimum Gasteiger partial charge on any atom is -0.288 e. The Kier molecular flexibility index (Phi) is 5.12. The lowest BCUT2D eigenvalue weighted by molar-refractivity contribution is -0.109. The summed E-state index contributed by atoms with van der Waals surface area (Å²) in [6.45, 7) is 3.66. The molecule has 80 valence electrons. The van der Waals surface area contributed by atoms with E-state index >= 15 is 0 Å². The highest BCUT2D eigenvalue weighted by Crippen LogP contribution is 2.17. The number of thioether (sulfide) groups is 1. The molecule has 1 nitrogen and oxygen atoms in total. The molecule has 1 aromatic rings. The van der Waals surface area contributed by atoms with E-state index in [1.807, 2.05) is 12.1 Å². The van der Waals surface area contributed by atoms with E-state index in [2.05, 4.69) is 41.1 Å². The molecule has 0 spiro atoms. The fraction of sp³-hybridized carbons (Fsp3) is 0.250. The van der Waals surface area contributed by atoms with Gasteiger partial charge in [0, 0.05) is 17.1 Å². The van der Waals surface area contributed by atoms with E-state index in [1.165, 1.54) is 22.9 Å². The molecule has 0 aliphatic rings. The van der Waals surface area contributed by atoms with Crippen molar-refractivity contribution in [2.75, 3.05) is 5.75 Å². The molecule has 0 aromatic heterocycles. The molecule has 0 aliphatic heterocycles. The predicted molar refractivity (Wildman–Crippen MR) is 71.1 cm³/mol. The summed E-state index contributed by atoms with van der Waals surface area (Å²) in [5, 5.41) is 0.159. The molecule has 0 saturated carbocycles. The normalized spacial score (nSPS) is 10.9. The van der Waals surface area contributed by atoms with Crippen molar-refractivity contribution in [3.05, 3.63) is 39.9 Å². The Balaban J connectivity index is 2.60. The molecule has 0 saturated heterocycles. The van der Waals surface area contributed by atoms with Crippen LogP contribution in [0.5, 0.6) is 0 Å². The molecule has 0 heterocycles. The lowest BCUT2D eigenvalue weighted by atomic mass is 10.1. The average Bonchev–Trinajstić information content (AvgIpc) is 2.14. The number of rotatable bonds is 3. The fourth-order valence-corrected chi connectivity index (χ4v) is 2.07. The van der Waals surface area contributed by atoms with Crippen molar-refractivity contribution in [2.45, 2.75) is 13.8 Å². The maximum Gasteiger partial charge on any atom is 0.186 e. The van der Waals surface area contributed by atoms with Crippen LogP contribution in [-0.2, 0) is 4.79 Å². The highest BCUT2D eigenvalue weighted by Gasteiger charge is 1.95. The minimum absolute atomic E-state index is 0.159. The zero-order chi connectivity index (χ0) is 11.3. The Hall–Kier alpha value is -0.540. The zero-order valence-electron chi connectivity index (χ0n) is 8.79. The first kappa shape index (κ1) is 12.5. The second-order valence-electron chi connectivity index (χ2n) is 3.21. The van der Waals surface area contributed by atoms with Crippen LogP contribution in [0.2, 0.25) is 0 Å². The quantitative estimate of drug-likeness (QED) is 0.833. The number of carbonyl (C=O) groups excluding carboxylic acids is 1. The molecule has 0 atom stereocenters. The Morgan fingerprint density at radius 3 is 2.87 bits per heavy atom. The monoisotopic (exact) mass is 284 g/mol. The van der Waals surface area contributed by atoms with E-state index in [9.17, 15) is 4.79 Å². The molecule has 0 bridgehead atoms. The molecule has 0 radical (unpaired) electrons. The van der Waals surface area contributed by atoms with Crippen molar-refractivity contribution >= 4 is 38.9 Å². The van der Waals surface area contributed by atoms with Gasteiger partial charge < -0.3 is 0 Å². The molecule has 0 N–H and O–H groups in total. The Morgan fingerprint density at radius 2 is 2.27 bits per heavy atom. The number of halogens is 1. The maximum absolute atomic E-state index is 10.7. The van der Waals surface area contributed by atoms with Gasteiger partial charge in [-0.15, -0.1) is 0 Å². The summed E-state index contributed by atoms with van der Waals surface area (Å²) in [7, 11) is 0. The minimum atomic E-state index is 0.159. The lowest BCUT2D eigenvalue weighted by Gasteiger charge is -2.00. The van der Waals surface area contributed by atoms with Crippen molar-refractivity contribution in [3.8, 4) is 0 Å². The topological polar surface area (TPSA) is 17.1 Å². The second-order valence-corrected chi connectivity index (χ2v) is 5.32. The van der Waals surface area contributed by atoms with Crippen LogP contribution in [-0.4, -0.2) is 10.9 Å². The van der Waals surface area contributed by atoms with E-state index in [0.29, 0.717) is 0 Å². The molecule has 0 amide bonds. The fourth-order valence-electron chi connectivity index (χ4n) is 1.17. The molecule has 0 fully saturated rings. The number of hydrogen-bond donors (Lipinski definition) is 0. The van der Waals surface area contributed by atoms with E-state index in [1.54, 1.807) is 6.92 Å². The first-order valence-corrected chi connectivity index (χ1v) is 6.43. The van der Waals surface area contributed by atoms with Crippen molar-refractivity contribution in [2.24, 2.45) is 0 Å². The molecular formula is C12H13BrOS. The van der Waals surface area contributed by atoms with E-state index in [-0.39, 0.29) is 5.12 Å². The van der Waals surface area contributed by atoms with Gasteiger partial charge in [-0.25, -0.2) is 0 Å². The van der Waals surface area contributed by atoms with Crippen LogP contribution < -0.4 is 0 Å². The summed E-state index contributed by atoms with van der Waals surface area (Å²) in [5.41, 5.74) is 2.43. The van der Waals surface area contributed by atoms with Gasteiger partial charge in [0.1, 0.15) is 0 Å². The van der Waals surface area contributed by atoms with Crippen LogP contribution in [0, 0.1) is 6.92 Å². The third-order valence-corrected chi connectivity index (χ3v) is 3.17. The van der Waals surface area contributed by atoms with Crippen molar-refractivity contribution < 1.29 is 4.79 Å². The average molecular weight is 285 g/mol. The van der Waals surface area contributed by atoms with Crippen LogP contribution in [0.4, 0.5) is 0 Å². The third-order valence-electron chi connectivity index (χ3n) is 1.91. The van der Waals surface area contributed by atoms with Gasteiger partial charge in [0.05, 0.1) is 0 Å². The molecule has 15 heavy (non-hydrogen) atoms. The van der Waals surface area contributed by atoms with Gasteiger partial charge in [-0.3, -0.25) is 4.79 Å². The van der Waals surface area contributed by atoms with Gasteiger partial charge in [0.15, 0.2) is 5.12 Å². The highest BCUT2D eigenvalue weighted by molar-refractivity contribution is 9.10. The maximum atomic E-state index is 10.7. The van der Waals surface area contributed by atoms with Gasteiger partial charge in [0.2, 0.25) is 0 Å². The summed E-state index contributed by atoms with van der Waals surface area (Å²) in [6, 6.07) is 6.16. The van der Waals surface area contributed by atoms with Crippen molar-refractivity contribution in [3.63, 3.8) is 0 Å². The van der Waals surface area contributed by atoms with Crippen LogP contribution in [0.3, 0.4) is 0 Å². The number of aryl methyl sites for hydroxylation is 1.